The average Bonchev–Trinajstić information content (AvgIpc) is 2.54. The fraction of sp³-hybridized carbons (Fsp3) is 0.235. The number of hydrazone groups is 1. The van der Waals surface area contributed by atoms with Crippen molar-refractivity contribution < 1.29 is 23.0 Å². The number of benzene rings is 2. The topological polar surface area (TPSA) is 53.8 Å². The normalized spacial score (nSPS) is 11.7. The highest BCUT2D eigenvalue weighted by molar-refractivity contribution is 5.84. The average molecular weight is 338 g/mol. The SMILES string of the molecule is CCCOc1ccc(/C=N/Nc2cccc(C(F)(F)F)c2)c(O)c1. The van der Waals surface area contributed by atoms with Crippen molar-refractivity contribution in [1.29, 1.82) is 0 Å². The van der Waals surface area contributed by atoms with Gasteiger partial charge in [-0.25, -0.2) is 0 Å². The zero-order valence-corrected chi connectivity index (χ0v) is 13.0. The zero-order valence-electron chi connectivity index (χ0n) is 13.0. The lowest BCUT2D eigenvalue weighted by molar-refractivity contribution is -0.137. The molecule has 0 atom stereocenters. The highest BCUT2D eigenvalue weighted by Crippen LogP contribution is 2.30. The predicted octanol–water partition coefficient (Wildman–Crippen LogP) is 4.65. The van der Waals surface area contributed by atoms with Gasteiger partial charge in [-0.15, -0.1) is 0 Å². The second kappa shape index (κ2) is 7.72. The van der Waals surface area contributed by atoms with E-state index in [4.69, 9.17) is 4.74 Å². The van der Waals surface area contributed by atoms with E-state index in [1.54, 1.807) is 12.1 Å². The van der Waals surface area contributed by atoms with E-state index in [1.807, 2.05) is 6.92 Å². The van der Waals surface area contributed by atoms with Gasteiger partial charge in [0.15, 0.2) is 0 Å². The van der Waals surface area contributed by atoms with E-state index in [9.17, 15) is 18.3 Å². The summed E-state index contributed by atoms with van der Waals surface area (Å²) in [6.45, 7) is 2.52. The van der Waals surface area contributed by atoms with E-state index >= 15 is 0 Å². The summed E-state index contributed by atoms with van der Waals surface area (Å²) >= 11 is 0. The summed E-state index contributed by atoms with van der Waals surface area (Å²) < 4.78 is 43.3. The van der Waals surface area contributed by atoms with Crippen molar-refractivity contribution in [2.45, 2.75) is 19.5 Å². The standard InChI is InChI=1S/C17H17F3N2O2/c1-2-8-24-15-7-6-12(16(23)10-15)11-21-22-14-5-3-4-13(9-14)17(18,19)20/h3-7,9-11,22-23H,2,8H2,1H3/b21-11+. The van der Waals surface area contributed by atoms with Crippen LogP contribution in [0, 0.1) is 0 Å². The molecule has 128 valence electrons. The Morgan fingerprint density at radius 3 is 2.67 bits per heavy atom. The third-order valence-corrected chi connectivity index (χ3v) is 3.06. The second-order valence-electron chi connectivity index (χ2n) is 5.02. The monoisotopic (exact) mass is 338 g/mol. The molecule has 0 aliphatic rings. The number of nitrogens with zero attached hydrogens (tertiary/aromatic N) is 1. The van der Waals surface area contributed by atoms with Gasteiger partial charge < -0.3 is 9.84 Å². The van der Waals surface area contributed by atoms with E-state index in [2.05, 4.69) is 10.5 Å². The molecule has 2 aromatic carbocycles. The van der Waals surface area contributed by atoms with E-state index < -0.39 is 11.7 Å². The van der Waals surface area contributed by atoms with Gasteiger partial charge in [-0.1, -0.05) is 13.0 Å². The summed E-state index contributed by atoms with van der Waals surface area (Å²) in [5, 5.41) is 13.7. The van der Waals surface area contributed by atoms with Gasteiger partial charge in [-0.05, 0) is 36.8 Å². The van der Waals surface area contributed by atoms with Crippen LogP contribution in [0.1, 0.15) is 24.5 Å². The maximum Gasteiger partial charge on any atom is 0.416 e. The minimum atomic E-state index is -4.41. The molecular formula is C17H17F3N2O2. The molecule has 0 aliphatic carbocycles. The van der Waals surface area contributed by atoms with E-state index in [1.165, 1.54) is 24.4 Å². The lowest BCUT2D eigenvalue weighted by atomic mass is 10.2. The maximum atomic E-state index is 12.6. The summed E-state index contributed by atoms with van der Waals surface area (Å²) in [5.74, 6) is 0.510. The molecule has 2 aromatic rings. The molecule has 0 radical (unpaired) electrons. The van der Waals surface area contributed by atoms with Crippen LogP contribution >= 0.6 is 0 Å². The Morgan fingerprint density at radius 1 is 1.21 bits per heavy atom. The molecule has 0 aromatic heterocycles. The Morgan fingerprint density at radius 2 is 2.00 bits per heavy atom. The highest BCUT2D eigenvalue weighted by Gasteiger charge is 2.30. The van der Waals surface area contributed by atoms with Crippen molar-refractivity contribution in [1.82, 2.24) is 0 Å². The van der Waals surface area contributed by atoms with Crippen LogP contribution in [-0.4, -0.2) is 17.9 Å². The van der Waals surface area contributed by atoms with Crippen molar-refractivity contribution in [3.63, 3.8) is 0 Å². The van der Waals surface area contributed by atoms with Crippen LogP contribution in [0.3, 0.4) is 0 Å². The summed E-state index contributed by atoms with van der Waals surface area (Å²) in [4.78, 5) is 0. The molecule has 0 spiro atoms. The molecule has 0 bridgehead atoms. The van der Waals surface area contributed by atoms with Gasteiger partial charge >= 0.3 is 6.18 Å². The number of anilines is 1. The molecule has 0 aliphatic heterocycles. The van der Waals surface area contributed by atoms with Crippen LogP contribution in [0.5, 0.6) is 11.5 Å². The maximum absolute atomic E-state index is 12.6. The Labute approximate surface area is 137 Å². The number of hydrogen-bond donors (Lipinski definition) is 2. The Bertz CT molecular complexity index is 715. The first-order chi connectivity index (χ1) is 11.4. The van der Waals surface area contributed by atoms with E-state index in [0.717, 1.165) is 18.6 Å². The van der Waals surface area contributed by atoms with Crippen molar-refractivity contribution in [3.8, 4) is 11.5 Å². The lowest BCUT2D eigenvalue weighted by Gasteiger charge is -2.08. The quantitative estimate of drug-likeness (QED) is 0.596. The van der Waals surface area contributed by atoms with Crippen LogP contribution in [0.4, 0.5) is 18.9 Å². The minimum absolute atomic E-state index is 0.0294. The van der Waals surface area contributed by atoms with Gasteiger partial charge in [0.25, 0.3) is 0 Å². The number of ether oxygens (including phenoxy) is 1. The molecule has 4 nitrogen and oxygen atoms in total. The Hall–Kier alpha value is -2.70. The number of phenolic OH excluding ortho intramolecular Hbond substituents is 1. The largest absolute Gasteiger partial charge is 0.507 e. The number of rotatable bonds is 6. The molecule has 2 rings (SSSR count). The molecule has 2 N–H and O–H groups in total. The summed E-state index contributed by atoms with van der Waals surface area (Å²) in [6, 6.07) is 9.45. The first-order valence-electron chi connectivity index (χ1n) is 7.32. The lowest BCUT2D eigenvalue weighted by Crippen LogP contribution is -2.05. The number of alkyl halides is 3. The highest BCUT2D eigenvalue weighted by atomic mass is 19.4. The zero-order chi connectivity index (χ0) is 17.6. The molecule has 0 amide bonds. The number of hydrogen-bond acceptors (Lipinski definition) is 4. The van der Waals surface area contributed by atoms with Gasteiger partial charge in [-0.3, -0.25) is 5.43 Å². The molecule has 0 heterocycles. The van der Waals surface area contributed by atoms with Crippen molar-refractivity contribution in [2.24, 2.45) is 5.10 Å². The third-order valence-electron chi connectivity index (χ3n) is 3.06. The number of phenols is 1. The Balaban J connectivity index is 2.04. The van der Waals surface area contributed by atoms with Crippen LogP contribution in [0.25, 0.3) is 0 Å². The van der Waals surface area contributed by atoms with Gasteiger partial charge in [0.2, 0.25) is 0 Å². The number of halogens is 3. The second-order valence-corrected chi connectivity index (χ2v) is 5.02. The van der Waals surface area contributed by atoms with Gasteiger partial charge in [0.1, 0.15) is 11.5 Å². The van der Waals surface area contributed by atoms with E-state index in [-0.39, 0.29) is 11.4 Å². The summed E-state index contributed by atoms with van der Waals surface area (Å²) in [7, 11) is 0. The minimum Gasteiger partial charge on any atom is -0.507 e. The molecule has 0 saturated carbocycles. The van der Waals surface area contributed by atoms with Gasteiger partial charge in [0.05, 0.1) is 24.1 Å². The van der Waals surface area contributed by atoms with Crippen molar-refractivity contribution in [2.75, 3.05) is 12.0 Å². The predicted molar refractivity (Wildman–Crippen MR) is 86.6 cm³/mol. The van der Waals surface area contributed by atoms with Crippen LogP contribution in [0.15, 0.2) is 47.6 Å². The first kappa shape index (κ1) is 17.7. The number of aromatic hydroxyl groups is 1. The van der Waals surface area contributed by atoms with Crippen molar-refractivity contribution >= 4 is 11.9 Å². The van der Waals surface area contributed by atoms with Crippen LogP contribution < -0.4 is 10.2 Å². The fourth-order valence-corrected chi connectivity index (χ4v) is 1.88. The van der Waals surface area contributed by atoms with Crippen LogP contribution in [-0.2, 0) is 6.18 Å². The van der Waals surface area contributed by atoms with Gasteiger partial charge in [0, 0.05) is 11.6 Å². The third kappa shape index (κ3) is 4.91. The molecule has 0 saturated heterocycles. The molecule has 0 unspecified atom stereocenters. The smallest absolute Gasteiger partial charge is 0.416 e. The number of nitrogens with one attached hydrogen (secondary N) is 1. The summed E-state index contributed by atoms with van der Waals surface area (Å²) in [5.41, 5.74) is 2.36. The summed E-state index contributed by atoms with van der Waals surface area (Å²) in [6.07, 6.45) is -2.24. The molecule has 24 heavy (non-hydrogen) atoms. The molecule has 7 heteroatoms. The Kier molecular flexibility index (Phi) is 5.68. The molecule has 0 fully saturated rings. The fourth-order valence-electron chi connectivity index (χ4n) is 1.88. The first-order valence-corrected chi connectivity index (χ1v) is 7.32. The van der Waals surface area contributed by atoms with E-state index in [0.29, 0.717) is 17.9 Å². The van der Waals surface area contributed by atoms with Crippen molar-refractivity contribution in [3.05, 3.63) is 53.6 Å². The van der Waals surface area contributed by atoms with Crippen LogP contribution in [0.2, 0.25) is 0 Å². The van der Waals surface area contributed by atoms with Gasteiger partial charge in [-0.2, -0.15) is 18.3 Å². The molecular weight excluding hydrogens is 321 g/mol.